The zero-order valence-electron chi connectivity index (χ0n) is 13.6. The van der Waals surface area contributed by atoms with E-state index < -0.39 is 5.41 Å². The van der Waals surface area contributed by atoms with E-state index in [0.29, 0.717) is 0 Å². The summed E-state index contributed by atoms with van der Waals surface area (Å²) in [6.45, 7) is 10.7. The van der Waals surface area contributed by atoms with Crippen LogP contribution in [-0.2, 0) is 10.2 Å². The van der Waals surface area contributed by atoms with Gasteiger partial charge in [0.15, 0.2) is 0 Å². The maximum absolute atomic E-state index is 12.9. The van der Waals surface area contributed by atoms with Crippen molar-refractivity contribution in [3.05, 3.63) is 29.8 Å². The predicted molar refractivity (Wildman–Crippen MR) is 84.7 cm³/mol. The molecule has 0 atom stereocenters. The van der Waals surface area contributed by atoms with Crippen molar-refractivity contribution in [2.45, 2.75) is 26.2 Å². The highest BCUT2D eigenvalue weighted by Crippen LogP contribution is 2.33. The summed E-state index contributed by atoms with van der Waals surface area (Å²) in [6, 6.07) is 7.79. The quantitative estimate of drug-likeness (QED) is 0.851. The Kier molecular flexibility index (Phi) is 4.88. The fourth-order valence-electron chi connectivity index (χ4n) is 2.94. The molecule has 0 radical (unpaired) electrons. The molecule has 0 spiro atoms. The predicted octanol–water partition coefficient (Wildman–Crippen LogP) is 2.14. The van der Waals surface area contributed by atoms with Gasteiger partial charge in [-0.1, -0.05) is 25.1 Å². The Labute approximate surface area is 127 Å². The number of carbonyl (C=O) groups excluding carboxylic acids is 1. The van der Waals surface area contributed by atoms with Crippen LogP contribution < -0.4 is 4.74 Å². The van der Waals surface area contributed by atoms with Crippen molar-refractivity contribution in [2.75, 3.05) is 39.8 Å². The van der Waals surface area contributed by atoms with E-state index in [4.69, 9.17) is 4.74 Å². The van der Waals surface area contributed by atoms with Gasteiger partial charge >= 0.3 is 0 Å². The number of para-hydroxylation sites is 1. The van der Waals surface area contributed by atoms with Crippen molar-refractivity contribution in [3.8, 4) is 5.75 Å². The van der Waals surface area contributed by atoms with Gasteiger partial charge in [-0.05, 0) is 26.5 Å². The van der Waals surface area contributed by atoms with E-state index in [1.807, 2.05) is 43.0 Å². The first-order valence-corrected chi connectivity index (χ1v) is 7.66. The van der Waals surface area contributed by atoms with Crippen LogP contribution in [0.15, 0.2) is 24.3 Å². The Morgan fingerprint density at radius 2 is 1.81 bits per heavy atom. The molecule has 0 aromatic heterocycles. The van der Waals surface area contributed by atoms with Gasteiger partial charge in [-0.3, -0.25) is 4.79 Å². The van der Waals surface area contributed by atoms with Crippen LogP contribution in [0, 0.1) is 0 Å². The van der Waals surface area contributed by atoms with Crippen molar-refractivity contribution in [1.82, 2.24) is 9.80 Å². The van der Waals surface area contributed by atoms with E-state index >= 15 is 0 Å². The minimum absolute atomic E-state index is 0.183. The molecule has 2 rings (SSSR count). The van der Waals surface area contributed by atoms with E-state index in [0.717, 1.165) is 44.0 Å². The number of methoxy groups -OCH3 is 1. The molecule has 0 N–H and O–H groups in total. The molecule has 0 unspecified atom stereocenters. The van der Waals surface area contributed by atoms with Gasteiger partial charge in [0.25, 0.3) is 0 Å². The van der Waals surface area contributed by atoms with Crippen LogP contribution in [-0.4, -0.2) is 55.5 Å². The van der Waals surface area contributed by atoms with Crippen LogP contribution in [0.2, 0.25) is 0 Å². The lowest BCUT2D eigenvalue weighted by atomic mass is 9.82. The van der Waals surface area contributed by atoms with Crippen LogP contribution >= 0.6 is 0 Å². The maximum atomic E-state index is 12.9. The van der Waals surface area contributed by atoms with E-state index in [1.54, 1.807) is 7.11 Å². The Balaban J connectivity index is 2.17. The van der Waals surface area contributed by atoms with E-state index in [2.05, 4.69) is 11.8 Å². The number of hydrogen-bond donors (Lipinski definition) is 0. The lowest BCUT2D eigenvalue weighted by Crippen LogP contribution is -2.53. The van der Waals surface area contributed by atoms with Gasteiger partial charge in [0, 0.05) is 31.7 Å². The Morgan fingerprint density at radius 3 is 2.38 bits per heavy atom. The average Bonchev–Trinajstić information content (AvgIpc) is 2.54. The highest BCUT2D eigenvalue weighted by Gasteiger charge is 2.36. The minimum atomic E-state index is -0.568. The fraction of sp³-hybridized carbons (Fsp3) is 0.588. The second kappa shape index (κ2) is 6.48. The van der Waals surface area contributed by atoms with Crippen LogP contribution in [0.25, 0.3) is 0 Å². The zero-order chi connectivity index (χ0) is 15.5. The summed E-state index contributed by atoms with van der Waals surface area (Å²) in [4.78, 5) is 17.3. The molecule has 1 heterocycles. The largest absolute Gasteiger partial charge is 0.496 e. The third-order valence-electron chi connectivity index (χ3n) is 4.42. The summed E-state index contributed by atoms with van der Waals surface area (Å²) < 4.78 is 5.42. The van der Waals surface area contributed by atoms with Crippen molar-refractivity contribution in [2.24, 2.45) is 0 Å². The summed E-state index contributed by atoms with van der Waals surface area (Å²) >= 11 is 0. The van der Waals surface area contributed by atoms with Gasteiger partial charge in [0.2, 0.25) is 5.91 Å². The number of hydrogen-bond acceptors (Lipinski definition) is 3. The van der Waals surface area contributed by atoms with Crippen molar-refractivity contribution >= 4 is 5.91 Å². The number of likely N-dealkylation sites (N-methyl/N-ethyl adjacent to an activating group) is 1. The molecule has 0 bridgehead atoms. The second-order valence-corrected chi connectivity index (χ2v) is 6.05. The molecule has 0 saturated carbocycles. The Bertz CT molecular complexity index is 491. The standard InChI is InChI=1S/C17H26N2O2/c1-5-18-10-12-19(13-11-18)16(20)17(2,3)14-8-6-7-9-15(14)21-4/h6-9H,5,10-13H2,1-4H3. The maximum Gasteiger partial charge on any atom is 0.232 e. The third kappa shape index (κ3) is 3.21. The molecule has 21 heavy (non-hydrogen) atoms. The molecule has 1 aromatic carbocycles. The summed E-state index contributed by atoms with van der Waals surface area (Å²) in [5.41, 5.74) is 0.386. The lowest BCUT2D eigenvalue weighted by Gasteiger charge is -2.38. The molecule has 1 amide bonds. The fourth-order valence-corrected chi connectivity index (χ4v) is 2.94. The first-order valence-electron chi connectivity index (χ1n) is 7.66. The molecule has 1 saturated heterocycles. The summed E-state index contributed by atoms with van der Waals surface area (Å²) in [5, 5.41) is 0. The Hall–Kier alpha value is -1.55. The molecule has 4 nitrogen and oxygen atoms in total. The zero-order valence-corrected chi connectivity index (χ0v) is 13.6. The van der Waals surface area contributed by atoms with Gasteiger partial charge < -0.3 is 14.5 Å². The van der Waals surface area contributed by atoms with Crippen LogP contribution in [0.1, 0.15) is 26.3 Å². The SMILES string of the molecule is CCN1CCN(C(=O)C(C)(C)c2ccccc2OC)CC1. The normalized spacial score (nSPS) is 16.9. The average molecular weight is 290 g/mol. The van der Waals surface area contributed by atoms with Crippen molar-refractivity contribution in [3.63, 3.8) is 0 Å². The first-order chi connectivity index (χ1) is 10.0. The first kappa shape index (κ1) is 15.8. The molecule has 116 valence electrons. The number of amides is 1. The number of ether oxygens (including phenoxy) is 1. The molecule has 1 aromatic rings. The summed E-state index contributed by atoms with van der Waals surface area (Å²) in [6.07, 6.45) is 0. The van der Waals surface area contributed by atoms with Crippen LogP contribution in [0.4, 0.5) is 0 Å². The van der Waals surface area contributed by atoms with E-state index in [9.17, 15) is 4.79 Å². The summed E-state index contributed by atoms with van der Waals surface area (Å²) in [5.74, 6) is 0.964. The van der Waals surface area contributed by atoms with Gasteiger partial charge in [-0.2, -0.15) is 0 Å². The Morgan fingerprint density at radius 1 is 1.19 bits per heavy atom. The smallest absolute Gasteiger partial charge is 0.232 e. The number of carbonyl (C=O) groups is 1. The highest BCUT2D eigenvalue weighted by molar-refractivity contribution is 5.88. The van der Waals surface area contributed by atoms with E-state index in [1.165, 1.54) is 0 Å². The van der Waals surface area contributed by atoms with Gasteiger partial charge in [-0.25, -0.2) is 0 Å². The van der Waals surface area contributed by atoms with Crippen LogP contribution in [0.5, 0.6) is 5.75 Å². The molecular weight excluding hydrogens is 264 g/mol. The number of nitrogens with zero attached hydrogens (tertiary/aromatic N) is 2. The second-order valence-electron chi connectivity index (χ2n) is 6.05. The molecule has 1 fully saturated rings. The van der Waals surface area contributed by atoms with Gasteiger partial charge in [0.1, 0.15) is 5.75 Å². The van der Waals surface area contributed by atoms with Crippen molar-refractivity contribution < 1.29 is 9.53 Å². The van der Waals surface area contributed by atoms with Crippen molar-refractivity contribution in [1.29, 1.82) is 0 Å². The number of piperazine rings is 1. The van der Waals surface area contributed by atoms with Gasteiger partial charge in [-0.15, -0.1) is 0 Å². The van der Waals surface area contributed by atoms with Crippen LogP contribution in [0.3, 0.4) is 0 Å². The number of benzene rings is 1. The molecule has 0 aliphatic carbocycles. The van der Waals surface area contributed by atoms with Gasteiger partial charge in [0.05, 0.1) is 12.5 Å². The molecule has 4 heteroatoms. The van der Waals surface area contributed by atoms with E-state index in [-0.39, 0.29) is 5.91 Å². The topological polar surface area (TPSA) is 32.8 Å². The lowest BCUT2D eigenvalue weighted by molar-refractivity contribution is -0.138. The minimum Gasteiger partial charge on any atom is -0.496 e. The molecule has 1 aliphatic rings. The molecular formula is C17H26N2O2. The third-order valence-corrected chi connectivity index (χ3v) is 4.42. The highest BCUT2D eigenvalue weighted by atomic mass is 16.5. The molecule has 1 aliphatic heterocycles. The monoisotopic (exact) mass is 290 g/mol. The number of rotatable bonds is 4. The summed E-state index contributed by atoms with van der Waals surface area (Å²) in [7, 11) is 1.65.